The summed E-state index contributed by atoms with van der Waals surface area (Å²) in [6.45, 7) is 5.05. The number of primary amides is 1. The molecule has 120 valence electrons. The number of nitrogens with two attached hydrogens (primary N) is 1. The van der Waals surface area contributed by atoms with Crippen molar-refractivity contribution in [2.75, 3.05) is 19.7 Å². The van der Waals surface area contributed by atoms with Crippen LogP contribution in [0.4, 0.5) is 0 Å². The lowest BCUT2D eigenvalue weighted by Crippen LogP contribution is -2.61. The second-order valence-corrected chi connectivity index (χ2v) is 7.15. The molecule has 0 aromatic carbocycles. The van der Waals surface area contributed by atoms with Crippen LogP contribution in [0.5, 0.6) is 0 Å². The standard InChI is InChI=1S/C16H29N3O2/c1-12-11-19(8-3-9-21-12)14-4-2-7-16(10-14,15(17)20)18-13-5-6-13/h12-14,18H,2-11H2,1H3,(H2,17,20). The van der Waals surface area contributed by atoms with Gasteiger partial charge in [0.25, 0.3) is 0 Å². The van der Waals surface area contributed by atoms with Gasteiger partial charge in [-0.3, -0.25) is 9.69 Å². The van der Waals surface area contributed by atoms with Crippen LogP contribution < -0.4 is 11.1 Å². The zero-order chi connectivity index (χ0) is 14.9. The topological polar surface area (TPSA) is 67.6 Å². The van der Waals surface area contributed by atoms with Crippen LogP contribution in [-0.2, 0) is 9.53 Å². The summed E-state index contributed by atoms with van der Waals surface area (Å²) >= 11 is 0. The first kappa shape index (κ1) is 15.3. The molecule has 1 heterocycles. The fourth-order valence-electron chi connectivity index (χ4n) is 3.96. The summed E-state index contributed by atoms with van der Waals surface area (Å²) in [6.07, 6.45) is 7.77. The zero-order valence-corrected chi connectivity index (χ0v) is 13.1. The van der Waals surface area contributed by atoms with E-state index in [4.69, 9.17) is 10.5 Å². The summed E-state index contributed by atoms with van der Waals surface area (Å²) in [4.78, 5) is 14.6. The fraction of sp³-hybridized carbons (Fsp3) is 0.938. The molecule has 3 N–H and O–H groups in total. The van der Waals surface area contributed by atoms with Crippen LogP contribution in [0.15, 0.2) is 0 Å². The molecular weight excluding hydrogens is 266 g/mol. The first-order valence-corrected chi connectivity index (χ1v) is 8.52. The molecule has 21 heavy (non-hydrogen) atoms. The van der Waals surface area contributed by atoms with Gasteiger partial charge in [-0.15, -0.1) is 0 Å². The molecule has 3 fully saturated rings. The van der Waals surface area contributed by atoms with Gasteiger partial charge in [-0.25, -0.2) is 0 Å². The summed E-state index contributed by atoms with van der Waals surface area (Å²) < 4.78 is 5.75. The number of rotatable bonds is 4. The van der Waals surface area contributed by atoms with Crippen molar-refractivity contribution in [3.8, 4) is 0 Å². The molecule has 0 bridgehead atoms. The summed E-state index contributed by atoms with van der Waals surface area (Å²) in [5.74, 6) is -0.154. The predicted octanol–water partition coefficient (Wildman–Crippen LogP) is 1.02. The number of hydrogen-bond donors (Lipinski definition) is 2. The third-order valence-electron chi connectivity index (χ3n) is 5.25. The Bertz CT molecular complexity index is 386. The van der Waals surface area contributed by atoms with E-state index in [1.165, 1.54) is 19.3 Å². The Hall–Kier alpha value is -0.650. The van der Waals surface area contributed by atoms with E-state index in [1.54, 1.807) is 0 Å². The predicted molar refractivity (Wildman–Crippen MR) is 81.9 cm³/mol. The van der Waals surface area contributed by atoms with Crippen molar-refractivity contribution in [2.45, 2.75) is 75.6 Å². The van der Waals surface area contributed by atoms with Gasteiger partial charge in [0.05, 0.1) is 11.6 Å². The molecule has 3 aliphatic rings. The molecular formula is C16H29N3O2. The van der Waals surface area contributed by atoms with Crippen molar-refractivity contribution >= 4 is 5.91 Å². The van der Waals surface area contributed by atoms with Gasteiger partial charge in [0.15, 0.2) is 0 Å². The molecule has 0 spiro atoms. The van der Waals surface area contributed by atoms with Crippen molar-refractivity contribution in [3.63, 3.8) is 0 Å². The Morgan fingerprint density at radius 1 is 1.33 bits per heavy atom. The molecule has 1 aliphatic heterocycles. The smallest absolute Gasteiger partial charge is 0.237 e. The largest absolute Gasteiger partial charge is 0.377 e. The Kier molecular flexibility index (Phi) is 4.52. The summed E-state index contributed by atoms with van der Waals surface area (Å²) in [5.41, 5.74) is 5.31. The maximum atomic E-state index is 12.1. The number of carbonyl (C=O) groups excluding carboxylic acids is 1. The lowest BCUT2D eigenvalue weighted by Gasteiger charge is -2.43. The van der Waals surface area contributed by atoms with Crippen molar-refractivity contribution in [1.29, 1.82) is 0 Å². The van der Waals surface area contributed by atoms with Crippen LogP contribution in [-0.4, -0.2) is 54.2 Å². The highest BCUT2D eigenvalue weighted by Crippen LogP contribution is 2.35. The average molecular weight is 295 g/mol. The van der Waals surface area contributed by atoms with Crippen molar-refractivity contribution < 1.29 is 9.53 Å². The molecule has 0 aromatic rings. The molecule has 5 heteroatoms. The normalized spacial score (nSPS) is 38.9. The van der Waals surface area contributed by atoms with Gasteiger partial charge in [0, 0.05) is 31.8 Å². The lowest BCUT2D eigenvalue weighted by molar-refractivity contribution is -0.127. The number of nitrogens with zero attached hydrogens (tertiary/aromatic N) is 1. The van der Waals surface area contributed by atoms with Crippen molar-refractivity contribution in [3.05, 3.63) is 0 Å². The van der Waals surface area contributed by atoms with Crippen molar-refractivity contribution in [2.24, 2.45) is 5.73 Å². The molecule has 3 atom stereocenters. The van der Waals surface area contributed by atoms with E-state index in [2.05, 4.69) is 17.1 Å². The van der Waals surface area contributed by atoms with E-state index < -0.39 is 5.54 Å². The molecule has 2 saturated carbocycles. The second-order valence-electron chi connectivity index (χ2n) is 7.15. The van der Waals surface area contributed by atoms with Crippen molar-refractivity contribution in [1.82, 2.24) is 10.2 Å². The number of hydrogen-bond acceptors (Lipinski definition) is 4. The number of carbonyl (C=O) groups is 1. The maximum Gasteiger partial charge on any atom is 0.237 e. The second kappa shape index (κ2) is 6.23. The Labute approximate surface area is 127 Å². The minimum Gasteiger partial charge on any atom is -0.377 e. The van der Waals surface area contributed by atoms with Gasteiger partial charge in [-0.1, -0.05) is 0 Å². The van der Waals surface area contributed by atoms with Crippen LogP contribution in [0.1, 0.15) is 51.9 Å². The molecule has 1 amide bonds. The minimum absolute atomic E-state index is 0.154. The molecule has 3 unspecified atom stereocenters. The quantitative estimate of drug-likeness (QED) is 0.812. The molecule has 0 aromatic heterocycles. The monoisotopic (exact) mass is 295 g/mol. The first-order chi connectivity index (χ1) is 10.1. The Morgan fingerprint density at radius 2 is 2.14 bits per heavy atom. The Balaban J connectivity index is 1.69. The van der Waals surface area contributed by atoms with Crippen LogP contribution in [0, 0.1) is 0 Å². The SMILES string of the molecule is CC1CN(C2CCCC(NC3CC3)(C(N)=O)C2)CCCO1. The van der Waals surface area contributed by atoms with Crippen LogP contribution in [0.3, 0.4) is 0 Å². The fourth-order valence-corrected chi connectivity index (χ4v) is 3.96. The van der Waals surface area contributed by atoms with E-state index in [9.17, 15) is 4.79 Å². The van der Waals surface area contributed by atoms with E-state index in [0.717, 1.165) is 45.4 Å². The summed E-state index contributed by atoms with van der Waals surface area (Å²) in [7, 11) is 0. The third kappa shape index (κ3) is 3.58. The number of amides is 1. The third-order valence-corrected chi connectivity index (χ3v) is 5.25. The van der Waals surface area contributed by atoms with E-state index in [-0.39, 0.29) is 12.0 Å². The molecule has 0 radical (unpaired) electrons. The molecule has 3 rings (SSSR count). The van der Waals surface area contributed by atoms with Gasteiger partial charge in [0.1, 0.15) is 0 Å². The Morgan fingerprint density at radius 3 is 2.86 bits per heavy atom. The lowest BCUT2D eigenvalue weighted by atomic mass is 9.77. The van der Waals surface area contributed by atoms with Gasteiger partial charge in [-0.05, 0) is 51.9 Å². The number of ether oxygens (including phenoxy) is 1. The highest BCUT2D eigenvalue weighted by atomic mass is 16.5. The first-order valence-electron chi connectivity index (χ1n) is 8.52. The maximum absolute atomic E-state index is 12.1. The van der Waals surface area contributed by atoms with Crippen LogP contribution >= 0.6 is 0 Å². The molecule has 2 aliphatic carbocycles. The van der Waals surface area contributed by atoms with Gasteiger partial charge in [0.2, 0.25) is 5.91 Å². The number of nitrogens with one attached hydrogen (secondary N) is 1. The average Bonchev–Trinajstić information content (AvgIpc) is 3.27. The van der Waals surface area contributed by atoms with Crippen LogP contribution in [0.25, 0.3) is 0 Å². The summed E-state index contributed by atoms with van der Waals surface area (Å²) in [5, 5.41) is 3.57. The van der Waals surface area contributed by atoms with E-state index in [0.29, 0.717) is 12.1 Å². The molecule has 5 nitrogen and oxygen atoms in total. The van der Waals surface area contributed by atoms with E-state index in [1.807, 2.05) is 0 Å². The summed E-state index contributed by atoms with van der Waals surface area (Å²) in [6, 6.07) is 0.976. The van der Waals surface area contributed by atoms with Gasteiger partial charge >= 0.3 is 0 Å². The highest BCUT2D eigenvalue weighted by Gasteiger charge is 2.45. The molecule has 1 saturated heterocycles. The zero-order valence-electron chi connectivity index (χ0n) is 13.1. The highest BCUT2D eigenvalue weighted by molar-refractivity contribution is 5.85. The van der Waals surface area contributed by atoms with Crippen LogP contribution in [0.2, 0.25) is 0 Å². The minimum atomic E-state index is -0.472. The van der Waals surface area contributed by atoms with Gasteiger partial charge < -0.3 is 15.8 Å². The van der Waals surface area contributed by atoms with Gasteiger partial charge in [-0.2, -0.15) is 0 Å². The van der Waals surface area contributed by atoms with E-state index >= 15 is 0 Å².